The summed E-state index contributed by atoms with van der Waals surface area (Å²) in [4.78, 5) is 21.4. The molecule has 1 N–H and O–H groups in total. The fourth-order valence-electron chi connectivity index (χ4n) is 2.65. The Labute approximate surface area is 146 Å². The minimum atomic E-state index is -4.37. The molecule has 0 bridgehead atoms. The average Bonchev–Trinajstić information content (AvgIpc) is 3.07. The summed E-state index contributed by atoms with van der Waals surface area (Å²) in [6.45, 7) is 2.92. The lowest BCUT2D eigenvalue weighted by atomic mass is 9.96. The molecule has 1 aliphatic rings. The van der Waals surface area contributed by atoms with Gasteiger partial charge in [0.05, 0.1) is 6.20 Å². The molecule has 3 rings (SSSR count). The fraction of sp³-hybridized carbons (Fsp3) is 0.438. The summed E-state index contributed by atoms with van der Waals surface area (Å²) in [6.07, 6.45) is -0.687. The molecule has 2 aromatic heterocycles. The molecule has 25 heavy (non-hydrogen) atoms. The van der Waals surface area contributed by atoms with Crippen LogP contribution in [0.1, 0.15) is 23.3 Å². The van der Waals surface area contributed by atoms with Gasteiger partial charge in [-0.3, -0.25) is 4.79 Å². The van der Waals surface area contributed by atoms with Crippen molar-refractivity contribution < 1.29 is 18.0 Å². The second-order valence-corrected chi connectivity index (χ2v) is 6.99. The maximum absolute atomic E-state index is 12.7. The molecule has 2 aromatic rings. The van der Waals surface area contributed by atoms with Crippen molar-refractivity contribution in [1.82, 2.24) is 9.97 Å². The molecule has 134 valence electrons. The molecule has 1 fully saturated rings. The minimum absolute atomic E-state index is 0.105. The summed E-state index contributed by atoms with van der Waals surface area (Å²) in [5.74, 6) is 0.222. The molecule has 0 unspecified atom stereocenters. The Morgan fingerprint density at radius 2 is 1.96 bits per heavy atom. The Hall–Kier alpha value is -2.16. The molecule has 0 saturated carbocycles. The van der Waals surface area contributed by atoms with Gasteiger partial charge in [-0.2, -0.15) is 13.2 Å². The highest BCUT2D eigenvalue weighted by Crippen LogP contribution is 2.37. The third-order valence-electron chi connectivity index (χ3n) is 4.07. The smallest absolute Gasteiger partial charge is 0.348 e. The van der Waals surface area contributed by atoms with Crippen LogP contribution in [-0.2, 0) is 11.0 Å². The van der Waals surface area contributed by atoms with E-state index in [1.54, 1.807) is 17.2 Å². The SMILES string of the molecule is Cc1ccc(NC(=O)C2CCN(c3ncc(C(F)(F)F)s3)CC2)nc1. The van der Waals surface area contributed by atoms with Gasteiger partial charge < -0.3 is 10.2 Å². The van der Waals surface area contributed by atoms with E-state index in [0.717, 1.165) is 11.8 Å². The first-order valence-electron chi connectivity index (χ1n) is 7.84. The number of nitrogens with zero attached hydrogens (tertiary/aromatic N) is 3. The first-order chi connectivity index (χ1) is 11.8. The Morgan fingerprint density at radius 1 is 1.24 bits per heavy atom. The summed E-state index contributed by atoms with van der Waals surface area (Å²) in [5, 5.41) is 3.14. The van der Waals surface area contributed by atoms with Crippen LogP contribution in [0.5, 0.6) is 0 Å². The Morgan fingerprint density at radius 3 is 2.52 bits per heavy atom. The summed E-state index contributed by atoms with van der Waals surface area (Å²) >= 11 is 0.639. The number of thiazole rings is 1. The largest absolute Gasteiger partial charge is 0.427 e. The van der Waals surface area contributed by atoms with Crippen LogP contribution in [0.4, 0.5) is 24.1 Å². The van der Waals surface area contributed by atoms with Crippen molar-refractivity contribution in [3.63, 3.8) is 0 Å². The number of halogens is 3. The van der Waals surface area contributed by atoms with Crippen LogP contribution in [0.3, 0.4) is 0 Å². The Balaban J connectivity index is 1.55. The number of aryl methyl sites for hydroxylation is 1. The predicted octanol–water partition coefficient (Wildman–Crippen LogP) is 3.72. The number of carbonyl (C=O) groups is 1. The van der Waals surface area contributed by atoms with Crippen molar-refractivity contribution in [3.05, 3.63) is 35.0 Å². The van der Waals surface area contributed by atoms with E-state index in [0.29, 0.717) is 48.2 Å². The van der Waals surface area contributed by atoms with E-state index in [1.807, 2.05) is 13.0 Å². The molecule has 0 spiro atoms. The number of nitrogens with one attached hydrogen (secondary N) is 1. The van der Waals surface area contributed by atoms with Crippen molar-refractivity contribution in [2.24, 2.45) is 5.92 Å². The second kappa shape index (κ2) is 6.99. The number of pyridine rings is 1. The van der Waals surface area contributed by atoms with Crippen molar-refractivity contribution in [3.8, 4) is 0 Å². The molecule has 9 heteroatoms. The fourth-order valence-corrected chi connectivity index (χ4v) is 3.48. The summed E-state index contributed by atoms with van der Waals surface area (Å²) < 4.78 is 38.0. The van der Waals surface area contributed by atoms with E-state index in [-0.39, 0.29) is 11.8 Å². The molecular formula is C16H17F3N4OS. The number of hydrogen-bond acceptors (Lipinski definition) is 5. The van der Waals surface area contributed by atoms with Gasteiger partial charge in [0.1, 0.15) is 10.7 Å². The normalized spacial score (nSPS) is 16.1. The Bertz CT molecular complexity index is 737. The molecule has 0 aromatic carbocycles. The van der Waals surface area contributed by atoms with Gasteiger partial charge in [-0.05, 0) is 31.4 Å². The predicted molar refractivity (Wildman–Crippen MR) is 89.7 cm³/mol. The molecule has 3 heterocycles. The Kier molecular flexibility index (Phi) is 4.94. The van der Waals surface area contributed by atoms with Gasteiger partial charge in [-0.1, -0.05) is 17.4 Å². The molecule has 0 aliphatic carbocycles. The highest BCUT2D eigenvalue weighted by Gasteiger charge is 2.34. The van der Waals surface area contributed by atoms with Gasteiger partial charge in [0.25, 0.3) is 0 Å². The number of alkyl halides is 3. The first kappa shape index (κ1) is 17.7. The highest BCUT2D eigenvalue weighted by molar-refractivity contribution is 7.15. The monoisotopic (exact) mass is 370 g/mol. The van der Waals surface area contributed by atoms with Crippen LogP contribution in [-0.4, -0.2) is 29.0 Å². The van der Waals surface area contributed by atoms with Crippen LogP contribution < -0.4 is 10.2 Å². The van der Waals surface area contributed by atoms with E-state index in [4.69, 9.17) is 0 Å². The minimum Gasteiger partial charge on any atom is -0.348 e. The van der Waals surface area contributed by atoms with E-state index in [1.165, 1.54) is 0 Å². The number of carbonyl (C=O) groups excluding carboxylic acids is 1. The number of anilines is 2. The standard InChI is InChI=1S/C16H17F3N4OS/c1-10-2-3-13(20-8-10)22-14(24)11-4-6-23(7-5-11)15-21-9-12(25-15)16(17,18)19/h2-3,8-9,11H,4-7H2,1H3,(H,20,22,24). The van der Waals surface area contributed by atoms with Gasteiger partial charge >= 0.3 is 6.18 Å². The molecule has 1 saturated heterocycles. The van der Waals surface area contributed by atoms with Gasteiger partial charge in [0.15, 0.2) is 5.13 Å². The molecule has 0 radical (unpaired) electrons. The first-order valence-corrected chi connectivity index (χ1v) is 8.66. The zero-order valence-electron chi connectivity index (χ0n) is 13.5. The van der Waals surface area contributed by atoms with Gasteiger partial charge in [-0.25, -0.2) is 9.97 Å². The average molecular weight is 370 g/mol. The lowest BCUT2D eigenvalue weighted by Gasteiger charge is -2.30. The molecule has 5 nitrogen and oxygen atoms in total. The van der Waals surface area contributed by atoms with Crippen LogP contribution >= 0.6 is 11.3 Å². The van der Waals surface area contributed by atoms with E-state index in [2.05, 4.69) is 15.3 Å². The number of amides is 1. The van der Waals surface area contributed by atoms with Crippen molar-refractivity contribution in [1.29, 1.82) is 0 Å². The molecule has 1 aliphatic heterocycles. The van der Waals surface area contributed by atoms with Crippen molar-refractivity contribution >= 4 is 28.2 Å². The number of aromatic nitrogens is 2. The molecule has 1 amide bonds. The quantitative estimate of drug-likeness (QED) is 0.895. The van der Waals surface area contributed by atoms with Crippen molar-refractivity contribution in [2.45, 2.75) is 25.9 Å². The van der Waals surface area contributed by atoms with E-state index >= 15 is 0 Å². The maximum atomic E-state index is 12.7. The van der Waals surface area contributed by atoms with Gasteiger partial charge in [0.2, 0.25) is 5.91 Å². The second-order valence-electron chi connectivity index (χ2n) is 5.98. The lowest BCUT2D eigenvalue weighted by Crippen LogP contribution is -2.38. The number of hydrogen-bond donors (Lipinski definition) is 1. The van der Waals surface area contributed by atoms with E-state index in [9.17, 15) is 18.0 Å². The van der Waals surface area contributed by atoms with Crippen molar-refractivity contribution in [2.75, 3.05) is 23.3 Å². The zero-order chi connectivity index (χ0) is 18.0. The summed E-state index contributed by atoms with van der Waals surface area (Å²) in [6, 6.07) is 3.61. The van der Waals surface area contributed by atoms with Gasteiger partial charge in [0, 0.05) is 25.2 Å². The maximum Gasteiger partial charge on any atom is 0.427 e. The zero-order valence-corrected chi connectivity index (χ0v) is 14.3. The summed E-state index contributed by atoms with van der Waals surface area (Å²) in [7, 11) is 0. The topological polar surface area (TPSA) is 58.1 Å². The van der Waals surface area contributed by atoms with Crippen LogP contribution in [0.15, 0.2) is 24.5 Å². The third kappa shape index (κ3) is 4.28. The van der Waals surface area contributed by atoms with E-state index < -0.39 is 11.1 Å². The third-order valence-corrected chi connectivity index (χ3v) is 5.17. The lowest BCUT2D eigenvalue weighted by molar-refractivity contribution is -0.134. The van der Waals surface area contributed by atoms with Crippen LogP contribution in [0.2, 0.25) is 0 Å². The van der Waals surface area contributed by atoms with Crippen LogP contribution in [0, 0.1) is 12.8 Å². The molecule has 0 atom stereocenters. The molecular weight excluding hydrogens is 353 g/mol. The highest BCUT2D eigenvalue weighted by atomic mass is 32.1. The summed E-state index contributed by atoms with van der Waals surface area (Å²) in [5.41, 5.74) is 1.01. The number of piperidine rings is 1. The van der Waals surface area contributed by atoms with Gasteiger partial charge in [-0.15, -0.1) is 0 Å². The van der Waals surface area contributed by atoms with Crippen LogP contribution in [0.25, 0.3) is 0 Å². The number of rotatable bonds is 3.